The molecule has 1 aromatic carbocycles. The molecule has 0 fully saturated rings. The number of hydrogen-bond acceptors (Lipinski definition) is 5. The number of nitrogens with zero attached hydrogens (tertiary/aromatic N) is 2. The van der Waals surface area contributed by atoms with E-state index in [1.807, 2.05) is 41.8 Å². The molecule has 20 heavy (non-hydrogen) atoms. The molecule has 0 amide bonds. The van der Waals surface area contributed by atoms with Gasteiger partial charge in [0.05, 0.1) is 22.5 Å². The van der Waals surface area contributed by atoms with Crippen molar-refractivity contribution < 1.29 is 9.53 Å². The zero-order valence-corrected chi connectivity index (χ0v) is 11.7. The summed E-state index contributed by atoms with van der Waals surface area (Å²) in [5.74, 6) is -0.436. The van der Waals surface area contributed by atoms with Crippen LogP contribution in [0.4, 0.5) is 0 Å². The van der Waals surface area contributed by atoms with E-state index < -0.39 is 5.97 Å². The molecule has 0 N–H and O–H groups in total. The van der Waals surface area contributed by atoms with Gasteiger partial charge in [-0.05, 0) is 30.5 Å². The highest BCUT2D eigenvalue weighted by molar-refractivity contribution is 7.13. The van der Waals surface area contributed by atoms with E-state index in [0.717, 1.165) is 10.4 Å². The first-order valence-corrected chi connectivity index (χ1v) is 7.15. The van der Waals surface area contributed by atoms with E-state index in [4.69, 9.17) is 4.74 Å². The lowest BCUT2D eigenvalue weighted by Gasteiger charge is -2.07. The van der Waals surface area contributed by atoms with Crippen LogP contribution in [-0.2, 0) is 4.74 Å². The minimum atomic E-state index is -0.436. The molecule has 5 heteroatoms. The van der Waals surface area contributed by atoms with Crippen LogP contribution in [0.5, 0.6) is 0 Å². The fourth-order valence-electron chi connectivity index (χ4n) is 1.93. The Hall–Kier alpha value is -2.27. The van der Waals surface area contributed by atoms with Crippen molar-refractivity contribution in [3.05, 3.63) is 47.5 Å². The molecule has 2 heterocycles. The normalized spacial score (nSPS) is 10.7. The van der Waals surface area contributed by atoms with Crippen LogP contribution >= 0.6 is 11.3 Å². The molecule has 2 aromatic heterocycles. The second-order valence-electron chi connectivity index (χ2n) is 4.11. The van der Waals surface area contributed by atoms with Crippen molar-refractivity contribution in [1.82, 2.24) is 9.97 Å². The monoisotopic (exact) mass is 284 g/mol. The van der Waals surface area contributed by atoms with Gasteiger partial charge in [-0.25, -0.2) is 14.8 Å². The molecule has 100 valence electrons. The van der Waals surface area contributed by atoms with Crippen molar-refractivity contribution in [2.45, 2.75) is 6.92 Å². The van der Waals surface area contributed by atoms with Gasteiger partial charge in [-0.15, -0.1) is 11.3 Å². The average molecular weight is 284 g/mol. The Morgan fingerprint density at radius 3 is 2.55 bits per heavy atom. The zero-order chi connectivity index (χ0) is 13.9. The lowest BCUT2D eigenvalue weighted by molar-refractivity contribution is 0.0520. The molecule has 0 aliphatic rings. The van der Waals surface area contributed by atoms with E-state index in [2.05, 4.69) is 9.97 Å². The largest absolute Gasteiger partial charge is 0.461 e. The fraction of sp³-hybridized carbons (Fsp3) is 0.133. The summed E-state index contributed by atoms with van der Waals surface area (Å²) in [5, 5.41) is 1.95. The number of benzene rings is 1. The number of hydrogen-bond donors (Lipinski definition) is 0. The Morgan fingerprint density at radius 1 is 1.15 bits per heavy atom. The SMILES string of the molecule is CCOC(=O)c1nc2ccccc2nc1-c1cccs1. The van der Waals surface area contributed by atoms with Gasteiger partial charge in [0.15, 0.2) is 5.69 Å². The van der Waals surface area contributed by atoms with Crippen LogP contribution in [0.3, 0.4) is 0 Å². The molecule has 0 saturated heterocycles. The Labute approximate surface area is 120 Å². The van der Waals surface area contributed by atoms with Crippen LogP contribution in [0.1, 0.15) is 17.4 Å². The summed E-state index contributed by atoms with van der Waals surface area (Å²) in [6.07, 6.45) is 0. The van der Waals surface area contributed by atoms with E-state index in [-0.39, 0.29) is 5.69 Å². The van der Waals surface area contributed by atoms with Gasteiger partial charge in [0.1, 0.15) is 5.69 Å². The van der Waals surface area contributed by atoms with E-state index in [9.17, 15) is 4.79 Å². The van der Waals surface area contributed by atoms with Gasteiger partial charge in [0, 0.05) is 0 Å². The molecule has 4 nitrogen and oxygen atoms in total. The lowest BCUT2D eigenvalue weighted by atomic mass is 10.2. The number of para-hydroxylation sites is 2. The first kappa shape index (κ1) is 12.7. The third-order valence-corrected chi connectivity index (χ3v) is 3.67. The minimum absolute atomic E-state index is 0.271. The summed E-state index contributed by atoms with van der Waals surface area (Å²) in [6, 6.07) is 11.3. The molecular formula is C15H12N2O2S. The smallest absolute Gasteiger partial charge is 0.359 e. The lowest BCUT2D eigenvalue weighted by Crippen LogP contribution is -2.10. The van der Waals surface area contributed by atoms with E-state index in [0.29, 0.717) is 17.8 Å². The number of carbonyl (C=O) groups excluding carboxylic acids is 1. The number of ether oxygens (including phenoxy) is 1. The quantitative estimate of drug-likeness (QED) is 0.690. The summed E-state index contributed by atoms with van der Waals surface area (Å²) >= 11 is 1.52. The molecule has 0 saturated carbocycles. The topological polar surface area (TPSA) is 52.1 Å². The average Bonchev–Trinajstić information content (AvgIpc) is 3.00. The summed E-state index contributed by atoms with van der Waals surface area (Å²) < 4.78 is 5.08. The molecule has 0 aliphatic carbocycles. The molecule has 0 spiro atoms. The van der Waals surface area contributed by atoms with Crippen molar-refractivity contribution >= 4 is 28.3 Å². The van der Waals surface area contributed by atoms with E-state index >= 15 is 0 Å². The van der Waals surface area contributed by atoms with Crippen molar-refractivity contribution in [2.75, 3.05) is 6.61 Å². The maximum absolute atomic E-state index is 12.1. The number of carbonyl (C=O) groups is 1. The second-order valence-corrected chi connectivity index (χ2v) is 5.06. The first-order chi connectivity index (χ1) is 9.79. The van der Waals surface area contributed by atoms with E-state index in [1.54, 1.807) is 6.92 Å². The summed E-state index contributed by atoms with van der Waals surface area (Å²) in [4.78, 5) is 22.0. The standard InChI is InChI=1S/C15H12N2O2S/c1-2-19-15(18)14-13(12-8-5-9-20-12)16-10-6-3-4-7-11(10)17-14/h3-9H,2H2,1H3. The van der Waals surface area contributed by atoms with Crippen molar-refractivity contribution in [3.63, 3.8) is 0 Å². The minimum Gasteiger partial charge on any atom is -0.461 e. The van der Waals surface area contributed by atoms with Crippen LogP contribution in [-0.4, -0.2) is 22.5 Å². The van der Waals surface area contributed by atoms with E-state index in [1.165, 1.54) is 11.3 Å². The third-order valence-electron chi connectivity index (χ3n) is 2.79. The van der Waals surface area contributed by atoms with Crippen molar-refractivity contribution in [3.8, 4) is 10.6 Å². The van der Waals surface area contributed by atoms with Crippen LogP contribution in [0.25, 0.3) is 21.6 Å². The van der Waals surface area contributed by atoms with Gasteiger partial charge in [0.25, 0.3) is 0 Å². The van der Waals surface area contributed by atoms with Gasteiger partial charge in [-0.2, -0.15) is 0 Å². The molecular weight excluding hydrogens is 272 g/mol. The highest BCUT2D eigenvalue weighted by Crippen LogP contribution is 2.27. The molecule has 3 rings (SSSR count). The summed E-state index contributed by atoms with van der Waals surface area (Å²) in [5.41, 5.74) is 2.31. The Bertz CT molecular complexity index is 754. The van der Waals surface area contributed by atoms with Crippen molar-refractivity contribution in [1.29, 1.82) is 0 Å². The van der Waals surface area contributed by atoms with Gasteiger partial charge >= 0.3 is 5.97 Å². The second kappa shape index (κ2) is 5.38. The molecule has 3 aromatic rings. The van der Waals surface area contributed by atoms with Crippen LogP contribution in [0.15, 0.2) is 41.8 Å². The highest BCUT2D eigenvalue weighted by atomic mass is 32.1. The number of rotatable bonds is 3. The molecule has 0 bridgehead atoms. The Morgan fingerprint density at radius 2 is 1.90 bits per heavy atom. The number of thiophene rings is 1. The van der Waals surface area contributed by atoms with Gasteiger partial charge in [-0.3, -0.25) is 0 Å². The summed E-state index contributed by atoms with van der Waals surface area (Å²) in [6.45, 7) is 2.09. The molecule has 0 radical (unpaired) electrons. The Balaban J connectivity index is 2.23. The molecule has 0 unspecified atom stereocenters. The highest BCUT2D eigenvalue weighted by Gasteiger charge is 2.19. The third kappa shape index (κ3) is 2.28. The molecule has 0 aliphatic heterocycles. The molecule has 0 atom stereocenters. The predicted molar refractivity (Wildman–Crippen MR) is 78.8 cm³/mol. The maximum Gasteiger partial charge on any atom is 0.359 e. The summed E-state index contributed by atoms with van der Waals surface area (Å²) in [7, 11) is 0. The number of aromatic nitrogens is 2. The zero-order valence-electron chi connectivity index (χ0n) is 10.9. The van der Waals surface area contributed by atoms with Gasteiger partial charge in [0.2, 0.25) is 0 Å². The van der Waals surface area contributed by atoms with Crippen LogP contribution in [0, 0.1) is 0 Å². The first-order valence-electron chi connectivity index (χ1n) is 6.27. The van der Waals surface area contributed by atoms with Crippen molar-refractivity contribution in [2.24, 2.45) is 0 Å². The number of fused-ring (bicyclic) bond motifs is 1. The predicted octanol–water partition coefficient (Wildman–Crippen LogP) is 3.54. The fourth-order valence-corrected chi connectivity index (χ4v) is 2.64. The van der Waals surface area contributed by atoms with Gasteiger partial charge < -0.3 is 4.74 Å². The Kier molecular flexibility index (Phi) is 3.43. The maximum atomic E-state index is 12.1. The van der Waals surface area contributed by atoms with Crippen LogP contribution in [0.2, 0.25) is 0 Å². The van der Waals surface area contributed by atoms with Crippen LogP contribution < -0.4 is 0 Å². The number of esters is 1. The van der Waals surface area contributed by atoms with Gasteiger partial charge in [-0.1, -0.05) is 18.2 Å².